The van der Waals surface area contributed by atoms with Gasteiger partial charge in [-0.15, -0.1) is 0 Å². The van der Waals surface area contributed by atoms with Gasteiger partial charge >= 0.3 is 0 Å². The molecule has 1 aromatic heterocycles. The average Bonchev–Trinajstić information content (AvgIpc) is 2.54. The first-order chi connectivity index (χ1) is 10.7. The van der Waals surface area contributed by atoms with E-state index in [1.165, 1.54) is 5.56 Å². The van der Waals surface area contributed by atoms with Gasteiger partial charge in [0.1, 0.15) is 0 Å². The van der Waals surface area contributed by atoms with Crippen molar-refractivity contribution >= 4 is 11.6 Å². The number of benzene rings is 1. The van der Waals surface area contributed by atoms with Gasteiger partial charge in [0, 0.05) is 31.2 Å². The molecule has 0 atom stereocenters. The minimum absolute atomic E-state index is 0.0712. The molecular weight excluding hydrogens is 274 g/mol. The number of nitrogens with one attached hydrogen (secondary N) is 1. The molecule has 1 N–H and O–H groups in total. The van der Waals surface area contributed by atoms with Gasteiger partial charge in [-0.2, -0.15) is 0 Å². The fourth-order valence-electron chi connectivity index (χ4n) is 2.85. The third kappa shape index (κ3) is 3.02. The summed E-state index contributed by atoms with van der Waals surface area (Å²) in [6.45, 7) is 3.95. The summed E-state index contributed by atoms with van der Waals surface area (Å²) in [5, 5.41) is 2.98. The Morgan fingerprint density at radius 3 is 2.77 bits per heavy atom. The van der Waals surface area contributed by atoms with Gasteiger partial charge in [-0.3, -0.25) is 9.78 Å². The van der Waals surface area contributed by atoms with Crippen LogP contribution in [-0.4, -0.2) is 29.4 Å². The molecule has 0 bridgehead atoms. The van der Waals surface area contributed by atoms with Gasteiger partial charge in [0.25, 0.3) is 5.91 Å². The van der Waals surface area contributed by atoms with Crippen LogP contribution in [0.15, 0.2) is 36.7 Å². The molecule has 0 saturated carbocycles. The second-order valence-electron chi connectivity index (χ2n) is 5.82. The minimum Gasteiger partial charge on any atom is -0.322 e. The van der Waals surface area contributed by atoms with Crippen molar-refractivity contribution in [1.82, 2.24) is 9.88 Å². The monoisotopic (exact) mass is 295 g/mol. The maximum Gasteiger partial charge on any atom is 0.257 e. The van der Waals surface area contributed by atoms with Crippen molar-refractivity contribution in [2.75, 3.05) is 18.9 Å². The largest absolute Gasteiger partial charge is 0.322 e. The van der Waals surface area contributed by atoms with Gasteiger partial charge < -0.3 is 10.2 Å². The zero-order valence-corrected chi connectivity index (χ0v) is 13.1. The molecule has 1 aromatic carbocycles. The lowest BCUT2D eigenvalue weighted by molar-refractivity contribution is 0.102. The summed E-state index contributed by atoms with van der Waals surface area (Å²) in [5.74, 6) is -0.0712. The summed E-state index contributed by atoms with van der Waals surface area (Å²) in [6.07, 6.45) is 5.45. The standard InChI is InChI=1S/C18H21N3O/c1-3-13-4-6-15(7-5-13)20-18(22)17-11-19-10-14-12-21(2)9-8-16(14)17/h4-7,10-11H,3,8-9,12H2,1-2H3,(H,20,22). The molecule has 1 aliphatic rings. The first-order valence-electron chi connectivity index (χ1n) is 7.72. The predicted octanol–water partition coefficient (Wildman–Crippen LogP) is 2.88. The molecule has 22 heavy (non-hydrogen) atoms. The van der Waals surface area contributed by atoms with E-state index < -0.39 is 0 Å². The van der Waals surface area contributed by atoms with Crippen molar-refractivity contribution < 1.29 is 4.79 Å². The molecule has 0 unspecified atom stereocenters. The first-order valence-corrected chi connectivity index (χ1v) is 7.72. The van der Waals surface area contributed by atoms with E-state index in [1.54, 1.807) is 6.20 Å². The van der Waals surface area contributed by atoms with Gasteiger partial charge in [-0.25, -0.2) is 0 Å². The van der Waals surface area contributed by atoms with E-state index in [-0.39, 0.29) is 5.91 Å². The number of pyridine rings is 1. The molecule has 2 aromatic rings. The van der Waals surface area contributed by atoms with Crippen LogP contribution in [0.1, 0.15) is 34.0 Å². The molecule has 2 heterocycles. The Morgan fingerprint density at radius 2 is 2.05 bits per heavy atom. The number of carbonyl (C=O) groups excluding carboxylic acids is 1. The first kappa shape index (κ1) is 14.7. The zero-order chi connectivity index (χ0) is 15.5. The van der Waals surface area contributed by atoms with Crippen LogP contribution >= 0.6 is 0 Å². The van der Waals surface area contributed by atoms with Gasteiger partial charge in [-0.1, -0.05) is 19.1 Å². The van der Waals surface area contributed by atoms with Crippen molar-refractivity contribution in [3.05, 3.63) is 58.9 Å². The fraction of sp³-hybridized carbons (Fsp3) is 0.333. The van der Waals surface area contributed by atoms with E-state index in [1.807, 2.05) is 30.5 Å². The average molecular weight is 295 g/mol. The third-order valence-corrected chi connectivity index (χ3v) is 4.20. The molecule has 0 radical (unpaired) electrons. The van der Waals surface area contributed by atoms with E-state index in [9.17, 15) is 4.79 Å². The number of hydrogen-bond donors (Lipinski definition) is 1. The van der Waals surface area contributed by atoms with Crippen molar-refractivity contribution in [3.8, 4) is 0 Å². The van der Waals surface area contributed by atoms with Crippen LogP contribution in [0.2, 0.25) is 0 Å². The molecule has 1 aliphatic heterocycles. The lowest BCUT2D eigenvalue weighted by Gasteiger charge is -2.26. The van der Waals surface area contributed by atoms with Crippen LogP contribution in [0.5, 0.6) is 0 Å². The lowest BCUT2D eigenvalue weighted by Crippen LogP contribution is -2.29. The molecule has 1 amide bonds. The molecule has 0 spiro atoms. The molecule has 0 fully saturated rings. The van der Waals surface area contributed by atoms with E-state index in [4.69, 9.17) is 0 Å². The van der Waals surface area contributed by atoms with Gasteiger partial charge in [0.15, 0.2) is 0 Å². The second-order valence-corrected chi connectivity index (χ2v) is 5.82. The maximum atomic E-state index is 12.6. The summed E-state index contributed by atoms with van der Waals surface area (Å²) in [7, 11) is 2.09. The van der Waals surface area contributed by atoms with E-state index in [0.29, 0.717) is 5.56 Å². The number of aryl methyl sites for hydroxylation is 1. The van der Waals surface area contributed by atoms with Gasteiger partial charge in [0.05, 0.1) is 5.56 Å². The summed E-state index contributed by atoms with van der Waals surface area (Å²) in [4.78, 5) is 19.0. The number of carbonyl (C=O) groups is 1. The summed E-state index contributed by atoms with van der Waals surface area (Å²) in [5.41, 5.74) is 5.08. The number of hydrogen-bond acceptors (Lipinski definition) is 3. The quantitative estimate of drug-likeness (QED) is 0.947. The lowest BCUT2D eigenvalue weighted by atomic mass is 9.97. The van der Waals surface area contributed by atoms with Crippen molar-refractivity contribution in [2.45, 2.75) is 26.3 Å². The van der Waals surface area contributed by atoms with Gasteiger partial charge in [0.2, 0.25) is 0 Å². The molecule has 0 aliphatic carbocycles. The van der Waals surface area contributed by atoms with Crippen LogP contribution < -0.4 is 5.32 Å². The van der Waals surface area contributed by atoms with Crippen molar-refractivity contribution in [3.63, 3.8) is 0 Å². The molecule has 3 rings (SSSR count). The van der Waals surface area contributed by atoms with Crippen LogP contribution in [0, 0.1) is 0 Å². The number of fused-ring (bicyclic) bond motifs is 1. The number of likely N-dealkylation sites (N-methyl/N-ethyl adjacent to an activating group) is 1. The van der Waals surface area contributed by atoms with Crippen LogP contribution in [0.25, 0.3) is 0 Å². The minimum atomic E-state index is -0.0712. The number of rotatable bonds is 3. The van der Waals surface area contributed by atoms with E-state index in [0.717, 1.165) is 42.7 Å². The number of amides is 1. The number of nitrogens with zero attached hydrogens (tertiary/aromatic N) is 2. The van der Waals surface area contributed by atoms with Crippen molar-refractivity contribution in [2.24, 2.45) is 0 Å². The highest BCUT2D eigenvalue weighted by Gasteiger charge is 2.20. The highest BCUT2D eigenvalue weighted by molar-refractivity contribution is 6.05. The smallest absolute Gasteiger partial charge is 0.257 e. The zero-order valence-electron chi connectivity index (χ0n) is 13.1. The van der Waals surface area contributed by atoms with Crippen LogP contribution in [0.3, 0.4) is 0 Å². The predicted molar refractivity (Wildman–Crippen MR) is 88.0 cm³/mol. The Morgan fingerprint density at radius 1 is 1.27 bits per heavy atom. The maximum absolute atomic E-state index is 12.6. The Bertz CT molecular complexity index is 679. The third-order valence-electron chi connectivity index (χ3n) is 4.20. The van der Waals surface area contributed by atoms with Crippen molar-refractivity contribution in [1.29, 1.82) is 0 Å². The van der Waals surface area contributed by atoms with Crippen LogP contribution in [-0.2, 0) is 19.4 Å². The Kier molecular flexibility index (Phi) is 4.20. The number of anilines is 1. The summed E-state index contributed by atoms with van der Waals surface area (Å²) >= 11 is 0. The molecule has 4 heteroatoms. The fourth-order valence-corrected chi connectivity index (χ4v) is 2.85. The Balaban J connectivity index is 1.81. The Hall–Kier alpha value is -2.20. The molecular formula is C18H21N3O. The normalized spacial score (nSPS) is 14.5. The van der Waals surface area contributed by atoms with E-state index in [2.05, 4.69) is 29.2 Å². The highest BCUT2D eigenvalue weighted by Crippen LogP contribution is 2.21. The molecule has 114 valence electrons. The molecule has 4 nitrogen and oxygen atoms in total. The SMILES string of the molecule is CCc1ccc(NC(=O)c2cncc3c2CCN(C)C3)cc1. The Labute approximate surface area is 131 Å². The van der Waals surface area contributed by atoms with Crippen LogP contribution in [0.4, 0.5) is 5.69 Å². The van der Waals surface area contributed by atoms with Gasteiger partial charge in [-0.05, 0) is 48.7 Å². The topological polar surface area (TPSA) is 45.2 Å². The summed E-state index contributed by atoms with van der Waals surface area (Å²) < 4.78 is 0. The molecule has 0 saturated heterocycles. The highest BCUT2D eigenvalue weighted by atomic mass is 16.1. The number of aromatic nitrogens is 1. The summed E-state index contributed by atoms with van der Waals surface area (Å²) in [6, 6.07) is 7.99. The second kappa shape index (κ2) is 6.28. The van der Waals surface area contributed by atoms with E-state index >= 15 is 0 Å².